The van der Waals surface area contributed by atoms with Gasteiger partial charge in [-0.2, -0.15) is 0 Å². The van der Waals surface area contributed by atoms with Gasteiger partial charge in [-0.3, -0.25) is 4.79 Å². The SMILES string of the molecule is CC1CCCN(c2ccc(C(=O)Nc3ccc(Br)cc3)nn2)C1. The van der Waals surface area contributed by atoms with E-state index < -0.39 is 0 Å². The van der Waals surface area contributed by atoms with E-state index in [2.05, 4.69) is 43.3 Å². The third-order valence-electron chi connectivity index (χ3n) is 3.97. The maximum Gasteiger partial charge on any atom is 0.276 e. The molecule has 1 aromatic carbocycles. The van der Waals surface area contributed by atoms with Crippen LogP contribution in [0.1, 0.15) is 30.3 Å². The Bertz CT molecular complexity index is 672. The molecule has 0 spiro atoms. The average Bonchev–Trinajstić information content (AvgIpc) is 2.57. The predicted molar refractivity (Wildman–Crippen MR) is 94.7 cm³/mol. The number of hydrogen-bond donors (Lipinski definition) is 1. The largest absolute Gasteiger partial charge is 0.355 e. The standard InChI is InChI=1S/C17H19BrN4O/c1-12-3-2-10-22(11-12)16-9-8-15(20-21-16)17(23)19-14-6-4-13(18)5-7-14/h4-9,12H,2-3,10-11H2,1H3,(H,19,23). The maximum atomic E-state index is 12.2. The average molecular weight is 375 g/mol. The third-order valence-corrected chi connectivity index (χ3v) is 4.49. The van der Waals surface area contributed by atoms with E-state index in [9.17, 15) is 4.79 Å². The third kappa shape index (κ3) is 4.07. The molecule has 1 aromatic heterocycles. The molecule has 1 unspecified atom stereocenters. The fourth-order valence-electron chi connectivity index (χ4n) is 2.74. The van der Waals surface area contributed by atoms with Crippen LogP contribution in [0.2, 0.25) is 0 Å². The molecule has 5 nitrogen and oxygen atoms in total. The van der Waals surface area contributed by atoms with Crippen LogP contribution in [0.15, 0.2) is 40.9 Å². The van der Waals surface area contributed by atoms with Gasteiger partial charge in [0.05, 0.1) is 0 Å². The first kappa shape index (κ1) is 15.9. The molecule has 6 heteroatoms. The Kier molecular flexibility index (Phi) is 4.91. The van der Waals surface area contributed by atoms with Gasteiger partial charge in [0.15, 0.2) is 11.5 Å². The first-order chi connectivity index (χ1) is 11.1. The zero-order valence-electron chi connectivity index (χ0n) is 13.0. The number of carbonyl (C=O) groups excluding carboxylic acids is 1. The van der Waals surface area contributed by atoms with E-state index >= 15 is 0 Å². The van der Waals surface area contributed by atoms with Gasteiger partial charge in [-0.25, -0.2) is 0 Å². The maximum absolute atomic E-state index is 12.2. The molecule has 1 fully saturated rings. The van der Waals surface area contributed by atoms with E-state index in [1.54, 1.807) is 6.07 Å². The molecule has 2 aromatic rings. The van der Waals surface area contributed by atoms with Gasteiger partial charge in [0.25, 0.3) is 5.91 Å². The summed E-state index contributed by atoms with van der Waals surface area (Å²) in [5, 5.41) is 11.1. The number of nitrogens with zero attached hydrogens (tertiary/aromatic N) is 3. The van der Waals surface area contributed by atoms with Gasteiger partial charge in [0.1, 0.15) is 0 Å². The number of amides is 1. The number of carbonyl (C=O) groups is 1. The normalized spacial score (nSPS) is 17.8. The Labute approximate surface area is 144 Å². The summed E-state index contributed by atoms with van der Waals surface area (Å²) in [7, 11) is 0. The van der Waals surface area contributed by atoms with Gasteiger partial charge < -0.3 is 10.2 Å². The fourth-order valence-corrected chi connectivity index (χ4v) is 3.01. The van der Waals surface area contributed by atoms with Crippen molar-refractivity contribution in [1.82, 2.24) is 10.2 Å². The molecule has 0 radical (unpaired) electrons. The number of nitrogens with one attached hydrogen (secondary N) is 1. The minimum atomic E-state index is -0.251. The Morgan fingerprint density at radius 3 is 2.65 bits per heavy atom. The highest BCUT2D eigenvalue weighted by Gasteiger charge is 2.18. The van der Waals surface area contributed by atoms with Crippen LogP contribution >= 0.6 is 15.9 Å². The lowest BCUT2D eigenvalue weighted by molar-refractivity contribution is 0.102. The Morgan fingerprint density at radius 2 is 2.00 bits per heavy atom. The van der Waals surface area contributed by atoms with Gasteiger partial charge in [-0.1, -0.05) is 22.9 Å². The van der Waals surface area contributed by atoms with Crippen molar-refractivity contribution >= 4 is 33.3 Å². The van der Waals surface area contributed by atoms with E-state index in [0.29, 0.717) is 11.6 Å². The molecule has 1 N–H and O–H groups in total. The summed E-state index contributed by atoms with van der Waals surface area (Å²) in [6, 6.07) is 11.0. The molecule has 1 amide bonds. The smallest absolute Gasteiger partial charge is 0.276 e. The quantitative estimate of drug-likeness (QED) is 0.888. The monoisotopic (exact) mass is 374 g/mol. The van der Waals surface area contributed by atoms with Crippen molar-refractivity contribution in [2.24, 2.45) is 5.92 Å². The van der Waals surface area contributed by atoms with Crippen molar-refractivity contribution < 1.29 is 4.79 Å². The van der Waals surface area contributed by atoms with Gasteiger partial charge in [-0.15, -0.1) is 10.2 Å². The van der Waals surface area contributed by atoms with E-state index in [-0.39, 0.29) is 5.91 Å². The first-order valence-electron chi connectivity index (χ1n) is 7.77. The molecule has 1 atom stereocenters. The summed E-state index contributed by atoms with van der Waals surface area (Å²) in [4.78, 5) is 14.4. The van der Waals surface area contributed by atoms with E-state index in [1.807, 2.05) is 30.3 Å². The lowest BCUT2D eigenvalue weighted by Gasteiger charge is -2.31. The van der Waals surface area contributed by atoms with E-state index in [1.165, 1.54) is 12.8 Å². The fraction of sp³-hybridized carbons (Fsp3) is 0.353. The van der Waals surface area contributed by atoms with Crippen molar-refractivity contribution in [2.75, 3.05) is 23.3 Å². The molecule has 1 aliphatic rings. The number of aromatic nitrogens is 2. The Balaban J connectivity index is 1.66. The number of piperidine rings is 1. The minimum absolute atomic E-state index is 0.251. The number of halogens is 1. The Morgan fingerprint density at radius 1 is 1.22 bits per heavy atom. The van der Waals surface area contributed by atoms with Crippen molar-refractivity contribution in [2.45, 2.75) is 19.8 Å². The minimum Gasteiger partial charge on any atom is -0.355 e. The van der Waals surface area contributed by atoms with Gasteiger partial charge in [0, 0.05) is 23.2 Å². The van der Waals surface area contributed by atoms with Crippen LogP contribution in [0.4, 0.5) is 11.5 Å². The molecule has 23 heavy (non-hydrogen) atoms. The summed E-state index contributed by atoms with van der Waals surface area (Å²) in [5.74, 6) is 1.26. The predicted octanol–water partition coefficient (Wildman–Crippen LogP) is 3.73. The second-order valence-corrected chi connectivity index (χ2v) is 6.85. The molecule has 1 aliphatic heterocycles. The second kappa shape index (κ2) is 7.08. The Hall–Kier alpha value is -1.95. The molecule has 120 valence electrons. The number of anilines is 2. The summed E-state index contributed by atoms with van der Waals surface area (Å²) < 4.78 is 0.968. The summed E-state index contributed by atoms with van der Waals surface area (Å²) in [5.41, 5.74) is 1.05. The molecule has 0 bridgehead atoms. The van der Waals surface area contributed by atoms with Crippen LogP contribution in [-0.4, -0.2) is 29.2 Å². The zero-order chi connectivity index (χ0) is 16.2. The highest BCUT2D eigenvalue weighted by molar-refractivity contribution is 9.10. The molecule has 0 saturated carbocycles. The highest BCUT2D eigenvalue weighted by atomic mass is 79.9. The summed E-state index contributed by atoms with van der Waals surface area (Å²) >= 11 is 3.37. The summed E-state index contributed by atoms with van der Waals surface area (Å²) in [6.45, 7) is 4.25. The lowest BCUT2D eigenvalue weighted by Crippen LogP contribution is -2.35. The van der Waals surface area contributed by atoms with Crippen molar-refractivity contribution in [3.8, 4) is 0 Å². The number of benzene rings is 1. The van der Waals surface area contributed by atoms with Crippen LogP contribution in [0.25, 0.3) is 0 Å². The van der Waals surface area contributed by atoms with Crippen LogP contribution in [-0.2, 0) is 0 Å². The lowest BCUT2D eigenvalue weighted by atomic mass is 10.0. The van der Waals surface area contributed by atoms with Crippen LogP contribution in [0.3, 0.4) is 0 Å². The molecule has 1 saturated heterocycles. The van der Waals surface area contributed by atoms with Crippen LogP contribution in [0.5, 0.6) is 0 Å². The van der Waals surface area contributed by atoms with E-state index in [0.717, 1.165) is 29.1 Å². The summed E-state index contributed by atoms with van der Waals surface area (Å²) in [6.07, 6.45) is 2.44. The van der Waals surface area contributed by atoms with Crippen molar-refractivity contribution in [1.29, 1.82) is 0 Å². The molecular weight excluding hydrogens is 356 g/mol. The van der Waals surface area contributed by atoms with Gasteiger partial charge in [0.2, 0.25) is 0 Å². The topological polar surface area (TPSA) is 58.1 Å². The highest BCUT2D eigenvalue weighted by Crippen LogP contribution is 2.21. The molecule has 2 heterocycles. The van der Waals surface area contributed by atoms with Crippen LogP contribution < -0.4 is 10.2 Å². The number of rotatable bonds is 3. The molecule has 0 aliphatic carbocycles. The van der Waals surface area contributed by atoms with Crippen molar-refractivity contribution in [3.63, 3.8) is 0 Å². The van der Waals surface area contributed by atoms with Gasteiger partial charge in [-0.05, 0) is 55.2 Å². The van der Waals surface area contributed by atoms with Crippen molar-refractivity contribution in [3.05, 3.63) is 46.6 Å². The van der Waals surface area contributed by atoms with Crippen LogP contribution in [0, 0.1) is 5.92 Å². The number of hydrogen-bond acceptors (Lipinski definition) is 4. The first-order valence-corrected chi connectivity index (χ1v) is 8.57. The molecular formula is C17H19BrN4O. The zero-order valence-corrected chi connectivity index (χ0v) is 14.6. The van der Waals surface area contributed by atoms with Gasteiger partial charge >= 0.3 is 0 Å². The second-order valence-electron chi connectivity index (χ2n) is 5.93. The van der Waals surface area contributed by atoms with E-state index in [4.69, 9.17) is 0 Å². The molecule has 3 rings (SSSR count).